The fourth-order valence-electron chi connectivity index (χ4n) is 3.02. The second-order valence-electron chi connectivity index (χ2n) is 6.21. The molecule has 26 heavy (non-hydrogen) atoms. The number of aryl methyl sites for hydroxylation is 1. The van der Waals surface area contributed by atoms with Gasteiger partial charge < -0.3 is 0 Å². The number of aromatic nitrogens is 2. The number of rotatable bonds is 5. The molecular weight excluding hydrogens is 336 g/mol. The van der Waals surface area contributed by atoms with E-state index in [4.69, 9.17) is 4.98 Å². The monoisotopic (exact) mass is 356 g/mol. The summed E-state index contributed by atoms with van der Waals surface area (Å²) in [7, 11) is 0. The van der Waals surface area contributed by atoms with Crippen molar-refractivity contribution in [3.63, 3.8) is 0 Å². The van der Waals surface area contributed by atoms with Crippen LogP contribution in [0.5, 0.6) is 0 Å². The van der Waals surface area contributed by atoms with Crippen molar-refractivity contribution >= 4 is 11.3 Å². The molecule has 0 amide bonds. The number of hydrogen-bond acceptors (Lipinski definition) is 3. The Hall–Kier alpha value is -2.78. The van der Waals surface area contributed by atoms with Crippen LogP contribution in [-0.4, -0.2) is 9.97 Å². The highest BCUT2D eigenvalue weighted by Gasteiger charge is 2.16. The summed E-state index contributed by atoms with van der Waals surface area (Å²) in [5, 5.41) is 1.04. The molecule has 4 rings (SSSR count). The van der Waals surface area contributed by atoms with Crippen molar-refractivity contribution < 1.29 is 0 Å². The van der Waals surface area contributed by atoms with E-state index in [-0.39, 0.29) is 0 Å². The van der Waals surface area contributed by atoms with Gasteiger partial charge in [-0.3, -0.25) is 4.98 Å². The first kappa shape index (κ1) is 16.7. The average molecular weight is 356 g/mol. The van der Waals surface area contributed by atoms with Gasteiger partial charge in [-0.15, -0.1) is 11.3 Å². The Labute approximate surface area is 158 Å². The van der Waals surface area contributed by atoms with E-state index < -0.39 is 0 Å². The number of benzene rings is 2. The van der Waals surface area contributed by atoms with Crippen LogP contribution in [0.25, 0.3) is 32.3 Å². The number of thiazole rings is 1. The molecule has 0 atom stereocenters. The maximum atomic E-state index is 5.02. The third kappa shape index (κ3) is 3.44. The molecule has 0 aliphatic rings. The summed E-state index contributed by atoms with van der Waals surface area (Å²) >= 11 is 1.75. The summed E-state index contributed by atoms with van der Waals surface area (Å²) in [5.74, 6) is 0. The lowest BCUT2D eigenvalue weighted by atomic mass is 10.1. The molecule has 0 aliphatic heterocycles. The minimum atomic E-state index is 0.996. The third-order valence-electron chi connectivity index (χ3n) is 4.28. The molecule has 0 unspecified atom stereocenters. The Morgan fingerprint density at radius 2 is 1.50 bits per heavy atom. The topological polar surface area (TPSA) is 25.8 Å². The summed E-state index contributed by atoms with van der Waals surface area (Å²) in [6.45, 7) is 2.18. The predicted octanol–water partition coefficient (Wildman–Crippen LogP) is 6.49. The first-order chi connectivity index (χ1) is 12.8. The maximum absolute atomic E-state index is 5.02. The third-order valence-corrected chi connectivity index (χ3v) is 5.43. The predicted molar refractivity (Wildman–Crippen MR) is 110 cm³/mol. The zero-order valence-electron chi connectivity index (χ0n) is 14.7. The lowest BCUT2D eigenvalue weighted by molar-refractivity contribution is 0.883. The van der Waals surface area contributed by atoms with Crippen LogP contribution in [0.2, 0.25) is 0 Å². The van der Waals surface area contributed by atoms with Gasteiger partial charge in [-0.2, -0.15) is 0 Å². The van der Waals surface area contributed by atoms with Crippen LogP contribution < -0.4 is 0 Å². The second-order valence-corrected chi connectivity index (χ2v) is 7.21. The molecule has 0 saturated carbocycles. The molecule has 0 radical (unpaired) electrons. The van der Waals surface area contributed by atoms with Gasteiger partial charge in [-0.05, 0) is 24.1 Å². The Morgan fingerprint density at radius 1 is 0.808 bits per heavy atom. The van der Waals surface area contributed by atoms with Crippen LogP contribution in [0.15, 0.2) is 79.0 Å². The van der Waals surface area contributed by atoms with Gasteiger partial charge in [-0.25, -0.2) is 4.98 Å². The van der Waals surface area contributed by atoms with Crippen molar-refractivity contribution in [3.8, 4) is 32.3 Å². The van der Waals surface area contributed by atoms with Gasteiger partial charge in [0.25, 0.3) is 0 Å². The van der Waals surface area contributed by atoms with E-state index in [2.05, 4.69) is 72.6 Å². The van der Waals surface area contributed by atoms with Gasteiger partial charge in [0, 0.05) is 23.0 Å². The second kappa shape index (κ2) is 7.63. The molecule has 4 aromatic rings. The summed E-state index contributed by atoms with van der Waals surface area (Å²) < 4.78 is 0. The van der Waals surface area contributed by atoms with Crippen molar-refractivity contribution in [2.75, 3.05) is 0 Å². The first-order valence-electron chi connectivity index (χ1n) is 8.92. The zero-order chi connectivity index (χ0) is 17.8. The van der Waals surface area contributed by atoms with Crippen LogP contribution in [-0.2, 0) is 6.42 Å². The molecule has 0 fully saturated rings. The molecular formula is C23H20N2S. The van der Waals surface area contributed by atoms with Crippen molar-refractivity contribution in [2.24, 2.45) is 0 Å². The first-order valence-corrected chi connectivity index (χ1v) is 9.74. The Bertz CT molecular complexity index is 934. The highest BCUT2D eigenvalue weighted by Crippen LogP contribution is 2.40. The molecule has 2 nitrogen and oxygen atoms in total. The number of nitrogens with zero attached hydrogens (tertiary/aromatic N) is 2. The van der Waals surface area contributed by atoms with E-state index in [9.17, 15) is 0 Å². The molecule has 2 aromatic carbocycles. The zero-order valence-corrected chi connectivity index (χ0v) is 15.5. The summed E-state index contributed by atoms with van der Waals surface area (Å²) in [5.41, 5.74) is 5.68. The number of pyridine rings is 1. The van der Waals surface area contributed by atoms with Crippen molar-refractivity contribution in [1.29, 1.82) is 0 Å². The Kier molecular flexibility index (Phi) is 4.89. The maximum Gasteiger partial charge on any atom is 0.124 e. The molecule has 0 spiro atoms. The fourth-order valence-corrected chi connectivity index (χ4v) is 4.11. The van der Waals surface area contributed by atoms with Gasteiger partial charge in [0.15, 0.2) is 0 Å². The van der Waals surface area contributed by atoms with E-state index in [0.29, 0.717) is 0 Å². The van der Waals surface area contributed by atoms with E-state index in [0.717, 1.165) is 40.4 Å². The standard InChI is InChI=1S/C23H20N2S/c1-2-9-20-16-19(14-15-24-20)23-25-21(17-10-5-3-6-11-17)22(26-23)18-12-7-4-8-13-18/h3-8,10-16H,2,9H2,1H3. The lowest BCUT2D eigenvalue weighted by Gasteiger charge is -2.02. The van der Waals surface area contributed by atoms with E-state index in [1.807, 2.05) is 18.3 Å². The van der Waals surface area contributed by atoms with Crippen molar-refractivity contribution in [3.05, 3.63) is 84.7 Å². The minimum absolute atomic E-state index is 0.996. The largest absolute Gasteiger partial charge is 0.261 e. The van der Waals surface area contributed by atoms with Crippen LogP contribution >= 0.6 is 11.3 Å². The summed E-state index contributed by atoms with van der Waals surface area (Å²) in [6.07, 6.45) is 3.99. The van der Waals surface area contributed by atoms with Crippen molar-refractivity contribution in [2.45, 2.75) is 19.8 Å². The summed E-state index contributed by atoms with van der Waals surface area (Å²) in [4.78, 5) is 10.7. The molecule has 0 N–H and O–H groups in total. The highest BCUT2D eigenvalue weighted by atomic mass is 32.1. The van der Waals surface area contributed by atoms with Crippen LogP contribution in [0, 0.1) is 0 Å². The molecule has 2 heterocycles. The van der Waals surface area contributed by atoms with Gasteiger partial charge in [0.05, 0.1) is 10.6 Å². The van der Waals surface area contributed by atoms with Crippen molar-refractivity contribution in [1.82, 2.24) is 9.97 Å². The smallest absolute Gasteiger partial charge is 0.124 e. The van der Waals surface area contributed by atoms with E-state index >= 15 is 0 Å². The van der Waals surface area contributed by atoms with E-state index in [1.54, 1.807) is 11.3 Å². The minimum Gasteiger partial charge on any atom is -0.261 e. The van der Waals surface area contributed by atoms with Gasteiger partial charge in [0.1, 0.15) is 5.01 Å². The molecule has 128 valence electrons. The quantitative estimate of drug-likeness (QED) is 0.408. The highest BCUT2D eigenvalue weighted by molar-refractivity contribution is 7.19. The Balaban J connectivity index is 1.85. The SMILES string of the molecule is CCCc1cc(-c2nc(-c3ccccc3)c(-c3ccccc3)s2)ccn1. The Morgan fingerprint density at radius 3 is 2.19 bits per heavy atom. The molecule has 2 aromatic heterocycles. The lowest BCUT2D eigenvalue weighted by Crippen LogP contribution is -1.89. The summed E-state index contributed by atoms with van der Waals surface area (Å²) in [6, 6.07) is 25.2. The van der Waals surface area contributed by atoms with Crippen LogP contribution in [0.1, 0.15) is 19.0 Å². The van der Waals surface area contributed by atoms with Gasteiger partial charge in [-0.1, -0.05) is 74.0 Å². The molecule has 0 saturated heterocycles. The number of hydrogen-bond donors (Lipinski definition) is 0. The molecule has 3 heteroatoms. The van der Waals surface area contributed by atoms with Gasteiger partial charge in [0.2, 0.25) is 0 Å². The van der Waals surface area contributed by atoms with Crippen LogP contribution in [0.4, 0.5) is 0 Å². The molecule has 0 aliphatic carbocycles. The van der Waals surface area contributed by atoms with Gasteiger partial charge >= 0.3 is 0 Å². The van der Waals surface area contributed by atoms with E-state index in [1.165, 1.54) is 10.4 Å². The van der Waals surface area contributed by atoms with Crippen LogP contribution in [0.3, 0.4) is 0 Å². The molecule has 0 bridgehead atoms. The average Bonchev–Trinajstić information content (AvgIpc) is 3.15. The fraction of sp³-hybridized carbons (Fsp3) is 0.130. The normalized spacial score (nSPS) is 10.8.